The molecule has 0 fully saturated rings. The first-order valence-electron chi connectivity index (χ1n) is 5.77. The highest BCUT2D eigenvalue weighted by Crippen LogP contribution is 2.34. The van der Waals surface area contributed by atoms with Gasteiger partial charge in [-0.15, -0.1) is 11.6 Å². The van der Waals surface area contributed by atoms with Gasteiger partial charge < -0.3 is 30.6 Å². The molecule has 11 heteroatoms. The van der Waals surface area contributed by atoms with Gasteiger partial charge in [0.15, 0.2) is 11.5 Å². The third kappa shape index (κ3) is 7.29. The number of rotatable bonds is 7. The van der Waals surface area contributed by atoms with Crippen LogP contribution in [0.2, 0.25) is 0 Å². The highest BCUT2D eigenvalue weighted by Gasteiger charge is 2.24. The molecule has 0 atom stereocenters. The highest BCUT2D eigenvalue weighted by atomic mass is 35.5. The number of methoxy groups -OCH3 is 1. The summed E-state index contributed by atoms with van der Waals surface area (Å²) in [7, 11) is 1.31. The molecule has 130 valence electrons. The zero-order valence-electron chi connectivity index (χ0n) is 12.5. The van der Waals surface area contributed by atoms with E-state index >= 15 is 0 Å². The molecular formula is C12H17ClN2O8. The molecular weight excluding hydrogens is 336 g/mol. The number of nitro groups is 1. The Morgan fingerprint density at radius 3 is 2.39 bits per heavy atom. The van der Waals surface area contributed by atoms with Crippen LogP contribution < -0.4 is 20.7 Å². The molecule has 0 spiro atoms. The van der Waals surface area contributed by atoms with Crippen molar-refractivity contribution >= 4 is 29.7 Å². The summed E-state index contributed by atoms with van der Waals surface area (Å²) >= 11 is 5.50. The van der Waals surface area contributed by atoms with Crippen LogP contribution in [-0.4, -0.2) is 42.1 Å². The fourth-order valence-corrected chi connectivity index (χ4v) is 1.49. The summed E-state index contributed by atoms with van der Waals surface area (Å²) < 4.78 is 10.2. The maximum Gasteiger partial charge on any atom is 0.342 e. The van der Waals surface area contributed by atoms with E-state index in [9.17, 15) is 14.9 Å². The molecule has 0 amide bonds. The molecule has 0 aliphatic rings. The maximum absolute atomic E-state index is 11.0. The van der Waals surface area contributed by atoms with Gasteiger partial charge in [0, 0.05) is 18.4 Å². The van der Waals surface area contributed by atoms with Crippen molar-refractivity contribution in [2.75, 3.05) is 19.6 Å². The van der Waals surface area contributed by atoms with Crippen LogP contribution >= 0.6 is 11.6 Å². The van der Waals surface area contributed by atoms with Gasteiger partial charge in [-0.3, -0.25) is 10.1 Å². The number of aromatic carboxylic acids is 1. The predicted molar refractivity (Wildman–Crippen MR) is 79.5 cm³/mol. The van der Waals surface area contributed by atoms with Crippen molar-refractivity contribution in [2.45, 2.75) is 6.42 Å². The van der Waals surface area contributed by atoms with E-state index in [1.807, 2.05) is 0 Å². The van der Waals surface area contributed by atoms with E-state index in [4.69, 9.17) is 36.1 Å². The molecule has 0 saturated carbocycles. The van der Waals surface area contributed by atoms with Gasteiger partial charge in [-0.25, -0.2) is 4.79 Å². The number of hydrogen-bond donors (Lipinski definition) is 2. The number of nitro benzene ring substituents is 1. The quantitative estimate of drug-likeness (QED) is 0.240. The second kappa shape index (κ2) is 12.0. The Morgan fingerprint density at radius 2 is 2.00 bits per heavy atom. The highest BCUT2D eigenvalue weighted by molar-refractivity contribution is 6.17. The zero-order chi connectivity index (χ0) is 17.1. The molecule has 0 aromatic heterocycles. The fraction of sp³-hybridized carbons (Fsp3) is 0.333. The van der Waals surface area contributed by atoms with Crippen LogP contribution in [0.15, 0.2) is 12.1 Å². The Hall–Kier alpha value is -2.59. The van der Waals surface area contributed by atoms with Crippen LogP contribution in [0.5, 0.6) is 11.5 Å². The lowest BCUT2D eigenvalue weighted by Gasteiger charge is -2.11. The normalized spacial score (nSPS) is 8.78. The number of nitrogens with zero attached hydrogens (tertiary/aromatic N) is 1. The Bertz CT molecular complexity index is 538. The van der Waals surface area contributed by atoms with Gasteiger partial charge >= 0.3 is 5.97 Å². The number of ether oxygens (including phenoxy) is 2. The van der Waals surface area contributed by atoms with E-state index in [2.05, 4.69) is 0 Å². The molecule has 0 bridgehead atoms. The van der Waals surface area contributed by atoms with E-state index in [0.29, 0.717) is 12.3 Å². The van der Waals surface area contributed by atoms with E-state index in [1.54, 1.807) is 0 Å². The molecule has 0 heterocycles. The monoisotopic (exact) mass is 352 g/mol. The third-order valence-corrected chi connectivity index (χ3v) is 2.51. The maximum atomic E-state index is 11.0. The number of carbonyl (C=O) groups is 2. The molecule has 23 heavy (non-hydrogen) atoms. The second-order valence-electron chi connectivity index (χ2n) is 3.57. The average molecular weight is 353 g/mol. The zero-order valence-corrected chi connectivity index (χ0v) is 13.2. The number of carboxylic acids is 1. The predicted octanol–water partition coefficient (Wildman–Crippen LogP) is 1.05. The summed E-state index contributed by atoms with van der Waals surface area (Å²) in [6.07, 6.45) is 0.560. The lowest BCUT2D eigenvalue weighted by molar-refractivity contribution is -0.385. The second-order valence-corrected chi connectivity index (χ2v) is 3.95. The van der Waals surface area contributed by atoms with E-state index in [0.717, 1.165) is 12.1 Å². The topological polar surface area (TPSA) is 176 Å². The van der Waals surface area contributed by atoms with Crippen LogP contribution in [-0.2, 0) is 4.79 Å². The molecule has 0 unspecified atom stereocenters. The lowest BCUT2D eigenvalue weighted by atomic mass is 10.1. The minimum absolute atomic E-state index is 0. The minimum atomic E-state index is -1.41. The first-order chi connectivity index (χ1) is 10.4. The SMILES string of the molecule is COc1cc([N+](=O)[O-])c(C(=O)O)cc1OCCCCl.O=C[O-].[NH4+]. The van der Waals surface area contributed by atoms with Crippen molar-refractivity contribution in [1.29, 1.82) is 0 Å². The fourth-order valence-electron chi connectivity index (χ4n) is 1.38. The first kappa shape index (κ1) is 22.7. The average Bonchev–Trinajstić information content (AvgIpc) is 2.47. The van der Waals surface area contributed by atoms with Crippen LogP contribution in [0.1, 0.15) is 16.8 Å². The summed E-state index contributed by atoms with van der Waals surface area (Å²) in [5.41, 5.74) is -0.999. The number of benzene rings is 1. The molecule has 0 aliphatic heterocycles. The molecule has 1 rings (SSSR count). The van der Waals surface area contributed by atoms with Crippen LogP contribution in [0, 0.1) is 10.1 Å². The van der Waals surface area contributed by atoms with Crippen molar-refractivity contribution in [3.8, 4) is 11.5 Å². The minimum Gasteiger partial charge on any atom is -0.554 e. The van der Waals surface area contributed by atoms with Gasteiger partial charge in [0.25, 0.3) is 5.69 Å². The molecule has 0 saturated heterocycles. The molecule has 10 nitrogen and oxygen atoms in total. The number of quaternary nitrogens is 1. The van der Waals surface area contributed by atoms with Gasteiger partial charge in [0.05, 0.1) is 24.7 Å². The third-order valence-electron chi connectivity index (χ3n) is 2.24. The number of halogens is 1. The van der Waals surface area contributed by atoms with Crippen molar-refractivity contribution < 1.29 is 34.2 Å². The smallest absolute Gasteiger partial charge is 0.342 e. The summed E-state index contributed by atoms with van der Waals surface area (Å²) in [5.74, 6) is -0.778. The van der Waals surface area contributed by atoms with Crippen molar-refractivity contribution in [1.82, 2.24) is 6.15 Å². The van der Waals surface area contributed by atoms with E-state index in [1.165, 1.54) is 7.11 Å². The van der Waals surface area contributed by atoms with E-state index < -0.39 is 28.6 Å². The van der Waals surface area contributed by atoms with Crippen molar-refractivity contribution in [2.24, 2.45) is 0 Å². The summed E-state index contributed by atoms with van der Waals surface area (Å²) in [4.78, 5) is 29.2. The number of carboxylic acid groups (broad SMARTS) is 2. The molecule has 1 aromatic carbocycles. The Labute approximate surface area is 136 Å². The van der Waals surface area contributed by atoms with E-state index in [-0.39, 0.29) is 24.3 Å². The summed E-state index contributed by atoms with van der Waals surface area (Å²) in [6, 6.07) is 2.10. The van der Waals surface area contributed by atoms with Gasteiger partial charge in [0.1, 0.15) is 5.56 Å². The van der Waals surface area contributed by atoms with Gasteiger partial charge in [0.2, 0.25) is 0 Å². The number of hydrogen-bond acceptors (Lipinski definition) is 7. The first-order valence-corrected chi connectivity index (χ1v) is 6.30. The molecule has 1 aromatic rings. The number of carbonyl (C=O) groups excluding carboxylic acids is 1. The van der Waals surface area contributed by atoms with Crippen LogP contribution in [0.4, 0.5) is 5.69 Å². The Balaban J connectivity index is 0. The largest absolute Gasteiger partial charge is 0.554 e. The summed E-state index contributed by atoms with van der Waals surface area (Å²) in [6.45, 7) is -0.239. The lowest BCUT2D eigenvalue weighted by Crippen LogP contribution is -2.06. The van der Waals surface area contributed by atoms with Crippen LogP contribution in [0.25, 0.3) is 0 Å². The van der Waals surface area contributed by atoms with Gasteiger partial charge in [-0.05, 0) is 6.42 Å². The Morgan fingerprint density at radius 1 is 1.43 bits per heavy atom. The number of alkyl halides is 1. The van der Waals surface area contributed by atoms with Crippen molar-refractivity contribution in [3.63, 3.8) is 0 Å². The van der Waals surface area contributed by atoms with Gasteiger partial charge in [-0.2, -0.15) is 0 Å². The molecule has 0 radical (unpaired) electrons. The summed E-state index contributed by atoms with van der Waals surface area (Å²) in [5, 5.41) is 28.0. The van der Waals surface area contributed by atoms with Gasteiger partial charge in [-0.1, -0.05) is 0 Å². The molecule has 5 N–H and O–H groups in total. The Kier molecular flexibility index (Phi) is 11.8. The van der Waals surface area contributed by atoms with Crippen LogP contribution in [0.3, 0.4) is 0 Å². The standard InChI is InChI=1S/C11H12ClNO6.CH2O2.H3N/c1-18-9-6-8(13(16)17)7(11(14)15)5-10(9)19-4-2-3-12;2-1-3;/h5-6H,2-4H2,1H3,(H,14,15);1H,(H,2,3);1H3. The van der Waals surface area contributed by atoms with Crippen molar-refractivity contribution in [3.05, 3.63) is 27.8 Å². The molecule has 0 aliphatic carbocycles.